The van der Waals surface area contributed by atoms with Crippen molar-refractivity contribution in [2.45, 2.75) is 6.92 Å². The van der Waals surface area contributed by atoms with Crippen molar-refractivity contribution in [1.82, 2.24) is 0 Å². The Hall–Kier alpha value is -5.93. The number of nitrogens with zero attached hydrogens (tertiary/aromatic N) is 1. The molecule has 0 bridgehead atoms. The van der Waals surface area contributed by atoms with Crippen molar-refractivity contribution in [2.75, 3.05) is 4.90 Å². The first-order valence-electron chi connectivity index (χ1n) is 19.7. The zero-order valence-electron chi connectivity index (χ0n) is 33.6. The molecule has 9 rings (SSSR count). The van der Waals surface area contributed by atoms with Crippen LogP contribution in [-0.4, -0.2) is 60.0 Å². The Morgan fingerprint density at radius 2 is 0.893 bits per heavy atom. The van der Waals surface area contributed by atoms with Crippen LogP contribution in [-0.2, 0) is 0 Å². The number of aromatic hydroxyl groups is 1. The summed E-state index contributed by atoms with van der Waals surface area (Å²) in [5.41, 5.74) is 17.0. The molecule has 9 aromatic rings. The van der Waals surface area contributed by atoms with Gasteiger partial charge in [-0.05, 0) is 96.6 Å². The van der Waals surface area contributed by atoms with E-state index in [1.54, 1.807) is 0 Å². The molecule has 2 nitrogen and oxygen atoms in total. The zero-order valence-corrected chi connectivity index (χ0v) is 33.6. The molecular weight excluding hydrogens is 670 g/mol. The molecule has 0 fully saturated rings. The molecule has 0 atom stereocenters. The first-order chi connectivity index (χ1) is 27.1. The lowest BCUT2D eigenvalue weighted by atomic mass is 9.58. The van der Waals surface area contributed by atoms with Crippen LogP contribution in [0.25, 0.3) is 65.3 Å². The summed E-state index contributed by atoms with van der Waals surface area (Å²) in [6.07, 6.45) is 0. The summed E-state index contributed by atoms with van der Waals surface area (Å²) in [7, 11) is 15.3. The molecule has 0 aliphatic carbocycles. The monoisotopic (exact) mass is 711 g/mol. The second-order valence-corrected chi connectivity index (χ2v) is 15.7. The minimum atomic E-state index is 0.339. The second kappa shape index (κ2) is 13.7. The van der Waals surface area contributed by atoms with Crippen LogP contribution in [0.2, 0.25) is 0 Å². The van der Waals surface area contributed by atoms with E-state index in [4.69, 9.17) is 0 Å². The first-order valence-corrected chi connectivity index (χ1v) is 19.7. The van der Waals surface area contributed by atoms with Gasteiger partial charge in [0.2, 0.25) is 0 Å². The normalized spacial score (nSPS) is 11.5. The molecule has 0 aliphatic heterocycles. The molecule has 260 valence electrons. The van der Waals surface area contributed by atoms with Gasteiger partial charge >= 0.3 is 0 Å². The Morgan fingerprint density at radius 3 is 1.48 bits per heavy atom. The Balaban J connectivity index is 1.32. The minimum Gasteiger partial charge on any atom is -0.508 e. The molecular formula is C47H40B7NO. The maximum Gasteiger partial charge on any atom is 0.147 e. The van der Waals surface area contributed by atoms with E-state index in [0.717, 1.165) is 55.6 Å². The number of benzene rings is 9. The average Bonchev–Trinajstić information content (AvgIpc) is 3.24. The summed E-state index contributed by atoms with van der Waals surface area (Å²) in [5, 5.41) is 22.3. The van der Waals surface area contributed by atoms with Gasteiger partial charge in [-0.2, -0.15) is 0 Å². The van der Waals surface area contributed by atoms with Crippen molar-refractivity contribution in [3.8, 4) is 28.0 Å². The molecule has 9 aromatic carbocycles. The molecule has 0 aromatic heterocycles. The molecule has 9 heteroatoms. The third kappa shape index (κ3) is 5.43. The van der Waals surface area contributed by atoms with Gasteiger partial charge in [0.05, 0.1) is 5.69 Å². The Bertz CT molecular complexity index is 3030. The number of anilines is 3. The summed E-state index contributed by atoms with van der Waals surface area (Å²) < 4.78 is 0. The highest BCUT2D eigenvalue weighted by Gasteiger charge is 2.27. The molecule has 0 heterocycles. The molecule has 1 N–H and O–H groups in total. The summed E-state index contributed by atoms with van der Waals surface area (Å²) >= 11 is 0. The van der Waals surface area contributed by atoms with E-state index in [-0.39, 0.29) is 0 Å². The van der Waals surface area contributed by atoms with Gasteiger partial charge in [-0.3, -0.25) is 0 Å². The molecule has 0 spiro atoms. The van der Waals surface area contributed by atoms with E-state index in [1.807, 2.05) is 0 Å². The van der Waals surface area contributed by atoms with Crippen LogP contribution >= 0.6 is 0 Å². The largest absolute Gasteiger partial charge is 0.508 e. The lowest BCUT2D eigenvalue weighted by molar-refractivity contribution is 0.482. The van der Waals surface area contributed by atoms with E-state index < -0.39 is 0 Å². The highest BCUT2D eigenvalue weighted by molar-refractivity contribution is 6.69. The van der Waals surface area contributed by atoms with Gasteiger partial charge in [0.1, 0.15) is 60.7 Å². The minimum absolute atomic E-state index is 0.339. The first kappa shape index (κ1) is 35.8. The van der Waals surface area contributed by atoms with Crippen LogP contribution in [0.15, 0.2) is 133 Å². The molecule has 0 unspecified atom stereocenters. The lowest BCUT2D eigenvalue weighted by Gasteiger charge is -2.33. The highest BCUT2D eigenvalue weighted by atomic mass is 16.3. The number of rotatable bonds is 5. The van der Waals surface area contributed by atoms with E-state index >= 15 is 0 Å². The van der Waals surface area contributed by atoms with Gasteiger partial charge in [-0.15, -0.1) is 16.4 Å². The molecule has 56 heavy (non-hydrogen) atoms. The van der Waals surface area contributed by atoms with E-state index in [2.05, 4.69) is 200 Å². The fourth-order valence-electron chi connectivity index (χ4n) is 9.33. The number of phenolic OH excluding ortho intramolecular Hbond substituents is 1. The van der Waals surface area contributed by atoms with Crippen molar-refractivity contribution < 1.29 is 5.11 Å². The number of phenols is 1. The Labute approximate surface area is 335 Å². The fraction of sp³-hybridized carbons (Fsp3) is 0.0213. The van der Waals surface area contributed by atoms with Crippen molar-refractivity contribution in [3.63, 3.8) is 0 Å². The lowest BCUT2D eigenvalue weighted by Crippen LogP contribution is -2.55. The van der Waals surface area contributed by atoms with Crippen molar-refractivity contribution in [3.05, 3.63) is 139 Å². The molecule has 0 radical (unpaired) electrons. The highest BCUT2D eigenvalue weighted by Crippen LogP contribution is 2.44. The summed E-state index contributed by atoms with van der Waals surface area (Å²) in [6.45, 7) is 2.23. The molecule has 0 aliphatic rings. The van der Waals surface area contributed by atoms with Crippen LogP contribution in [0.3, 0.4) is 0 Å². The second-order valence-electron chi connectivity index (χ2n) is 15.7. The smallest absolute Gasteiger partial charge is 0.147 e. The van der Waals surface area contributed by atoms with Gasteiger partial charge in [-0.25, -0.2) is 0 Å². The Morgan fingerprint density at radius 1 is 0.429 bits per heavy atom. The average molecular weight is 711 g/mol. The van der Waals surface area contributed by atoms with Crippen molar-refractivity contribution in [2.24, 2.45) is 0 Å². The zero-order chi connectivity index (χ0) is 39.0. The number of hydrogen-bond acceptors (Lipinski definition) is 2. The third-order valence-electron chi connectivity index (χ3n) is 12.9. The van der Waals surface area contributed by atoms with E-state index in [1.165, 1.54) is 70.6 Å². The fourth-order valence-corrected chi connectivity index (χ4v) is 9.33. The SMILES string of the molecule is Bc1c(B)c(B)c(-c2c(B)c(C)c(N(c3ccc(-c4cc5ccccc5c5ccccc45)cc3)c3cc4ccccc4c4ccccc34)c(B)c2O)c(B)c1B. The van der Waals surface area contributed by atoms with Crippen molar-refractivity contribution in [1.29, 1.82) is 0 Å². The molecule has 0 amide bonds. The quantitative estimate of drug-likeness (QED) is 0.213. The van der Waals surface area contributed by atoms with Gasteiger partial charge in [0.15, 0.2) is 0 Å². The summed E-state index contributed by atoms with van der Waals surface area (Å²) in [5.74, 6) is 0.339. The number of fused-ring (bicyclic) bond motifs is 6. The maximum atomic E-state index is 12.5. The van der Waals surface area contributed by atoms with E-state index in [9.17, 15) is 5.11 Å². The molecule has 0 saturated carbocycles. The van der Waals surface area contributed by atoms with Crippen LogP contribution in [0, 0.1) is 6.92 Å². The van der Waals surface area contributed by atoms with Crippen LogP contribution in [0.1, 0.15) is 5.56 Å². The maximum absolute atomic E-state index is 12.5. The molecule has 0 saturated heterocycles. The van der Waals surface area contributed by atoms with Gasteiger partial charge in [-0.1, -0.05) is 126 Å². The third-order valence-corrected chi connectivity index (χ3v) is 12.9. The van der Waals surface area contributed by atoms with E-state index in [0.29, 0.717) is 5.75 Å². The van der Waals surface area contributed by atoms with Crippen LogP contribution in [0.5, 0.6) is 5.75 Å². The van der Waals surface area contributed by atoms with Gasteiger partial charge < -0.3 is 10.0 Å². The standard InChI is InChI=1S/C47H40B7NO/c1-24-39(48)38(37-40(49)42(51)44(53)43(52)41(37)50)47(56)45(54)46(24)55(36-23-27-11-3-5-13-30(27)32-15-8-9-17-34(32)36)28-20-18-25(19-21-28)35-22-26-10-2-4-12-29(26)31-14-6-7-16-33(31)35/h2-23,56H,48-54H2,1H3. The predicted octanol–water partition coefficient (Wildman–Crippen LogP) is 0.926. The predicted molar refractivity (Wildman–Crippen MR) is 266 cm³/mol. The topological polar surface area (TPSA) is 23.5 Å². The number of hydrogen-bond donors (Lipinski definition) is 1. The van der Waals surface area contributed by atoms with Crippen LogP contribution in [0.4, 0.5) is 17.1 Å². The van der Waals surface area contributed by atoms with Crippen LogP contribution < -0.4 is 43.1 Å². The van der Waals surface area contributed by atoms with Crippen molar-refractivity contribution >= 4 is 153 Å². The summed E-state index contributed by atoms with van der Waals surface area (Å²) in [6, 6.07) is 48.4. The van der Waals surface area contributed by atoms with Gasteiger partial charge in [0, 0.05) is 22.3 Å². The Kier molecular flexibility index (Phi) is 8.73. The summed E-state index contributed by atoms with van der Waals surface area (Å²) in [4.78, 5) is 2.39. The van der Waals surface area contributed by atoms with Gasteiger partial charge in [0.25, 0.3) is 0 Å².